The number of hydrogen-bond donors (Lipinski definition) is 1. The SMILES string of the molecule is COc1ccc(-n2nnc(C(=O)Nc3ccccc3F)c2CSc2nc(C)cc(C)n2)cc1. The highest BCUT2D eigenvalue weighted by Gasteiger charge is 2.22. The number of nitrogens with zero attached hydrogens (tertiary/aromatic N) is 5. The molecule has 1 amide bonds. The summed E-state index contributed by atoms with van der Waals surface area (Å²) in [7, 11) is 1.58. The quantitative estimate of drug-likeness (QED) is 0.321. The summed E-state index contributed by atoms with van der Waals surface area (Å²) >= 11 is 1.36. The van der Waals surface area contributed by atoms with Crippen LogP contribution in [0, 0.1) is 19.7 Å². The molecule has 2 aromatic heterocycles. The molecule has 10 heteroatoms. The highest BCUT2D eigenvalue weighted by Crippen LogP contribution is 2.25. The monoisotopic (exact) mass is 464 g/mol. The second-order valence-electron chi connectivity index (χ2n) is 7.15. The van der Waals surface area contributed by atoms with Gasteiger partial charge in [0, 0.05) is 17.1 Å². The Labute approximate surface area is 194 Å². The fraction of sp³-hybridized carbons (Fsp3) is 0.174. The Balaban J connectivity index is 1.68. The van der Waals surface area contributed by atoms with Crippen LogP contribution in [-0.4, -0.2) is 38.0 Å². The lowest BCUT2D eigenvalue weighted by molar-refractivity contribution is 0.102. The molecule has 4 rings (SSSR count). The van der Waals surface area contributed by atoms with Crippen molar-refractivity contribution >= 4 is 23.4 Å². The molecule has 33 heavy (non-hydrogen) atoms. The van der Waals surface area contributed by atoms with Crippen LogP contribution in [0.15, 0.2) is 59.8 Å². The van der Waals surface area contributed by atoms with Gasteiger partial charge in [-0.3, -0.25) is 4.79 Å². The predicted octanol–water partition coefficient (Wildman–Crippen LogP) is 4.37. The third-order valence-electron chi connectivity index (χ3n) is 4.72. The number of benzene rings is 2. The second kappa shape index (κ2) is 9.78. The minimum Gasteiger partial charge on any atom is -0.497 e. The number of methoxy groups -OCH3 is 1. The lowest BCUT2D eigenvalue weighted by Gasteiger charge is -2.10. The third kappa shape index (κ3) is 5.17. The summed E-state index contributed by atoms with van der Waals surface area (Å²) < 4.78 is 20.9. The molecule has 0 atom stereocenters. The van der Waals surface area contributed by atoms with Crippen LogP contribution in [-0.2, 0) is 5.75 Å². The van der Waals surface area contributed by atoms with Crippen molar-refractivity contribution in [2.45, 2.75) is 24.8 Å². The Morgan fingerprint density at radius 1 is 1.09 bits per heavy atom. The summed E-state index contributed by atoms with van der Waals surface area (Å²) in [5.41, 5.74) is 3.09. The second-order valence-corrected chi connectivity index (χ2v) is 8.09. The van der Waals surface area contributed by atoms with Crippen molar-refractivity contribution in [1.82, 2.24) is 25.0 Å². The summed E-state index contributed by atoms with van der Waals surface area (Å²) in [6, 6.07) is 15.1. The summed E-state index contributed by atoms with van der Waals surface area (Å²) in [6.45, 7) is 3.80. The van der Waals surface area contributed by atoms with Gasteiger partial charge in [-0.25, -0.2) is 19.0 Å². The van der Waals surface area contributed by atoms with E-state index in [1.54, 1.807) is 36.1 Å². The first-order valence-electron chi connectivity index (χ1n) is 10.0. The van der Waals surface area contributed by atoms with Gasteiger partial charge < -0.3 is 10.1 Å². The largest absolute Gasteiger partial charge is 0.497 e. The number of aromatic nitrogens is 5. The van der Waals surface area contributed by atoms with Crippen LogP contribution in [0.2, 0.25) is 0 Å². The molecule has 0 saturated carbocycles. The minimum atomic E-state index is -0.559. The number of hydrogen-bond acceptors (Lipinski definition) is 7. The number of rotatable bonds is 7. The Hall–Kier alpha value is -3.79. The first-order chi connectivity index (χ1) is 15.9. The van der Waals surface area contributed by atoms with E-state index < -0.39 is 11.7 Å². The van der Waals surface area contributed by atoms with Crippen molar-refractivity contribution in [3.63, 3.8) is 0 Å². The summed E-state index contributed by atoms with van der Waals surface area (Å²) in [4.78, 5) is 21.9. The fourth-order valence-electron chi connectivity index (χ4n) is 3.17. The Kier molecular flexibility index (Phi) is 6.64. The van der Waals surface area contributed by atoms with E-state index in [9.17, 15) is 9.18 Å². The molecule has 0 unspecified atom stereocenters. The number of aryl methyl sites for hydroxylation is 2. The van der Waals surface area contributed by atoms with E-state index in [0.29, 0.717) is 28.0 Å². The average Bonchev–Trinajstić information content (AvgIpc) is 3.23. The zero-order chi connectivity index (χ0) is 23.4. The van der Waals surface area contributed by atoms with Gasteiger partial charge in [-0.1, -0.05) is 29.1 Å². The number of anilines is 1. The predicted molar refractivity (Wildman–Crippen MR) is 123 cm³/mol. The van der Waals surface area contributed by atoms with Gasteiger partial charge in [0.25, 0.3) is 5.91 Å². The van der Waals surface area contributed by atoms with Crippen molar-refractivity contribution in [2.24, 2.45) is 0 Å². The Morgan fingerprint density at radius 3 is 2.45 bits per heavy atom. The molecule has 0 fully saturated rings. The van der Waals surface area contributed by atoms with Crippen molar-refractivity contribution in [2.75, 3.05) is 12.4 Å². The van der Waals surface area contributed by atoms with Gasteiger partial charge in [0.15, 0.2) is 10.9 Å². The van der Waals surface area contributed by atoms with Crippen LogP contribution >= 0.6 is 11.8 Å². The van der Waals surface area contributed by atoms with E-state index in [4.69, 9.17) is 4.74 Å². The molecular formula is C23H21FN6O2S. The zero-order valence-electron chi connectivity index (χ0n) is 18.2. The van der Waals surface area contributed by atoms with Crippen LogP contribution in [0.5, 0.6) is 5.75 Å². The smallest absolute Gasteiger partial charge is 0.278 e. The summed E-state index contributed by atoms with van der Waals surface area (Å²) in [5.74, 6) is -0.0807. The number of halogens is 1. The molecule has 2 aromatic carbocycles. The van der Waals surface area contributed by atoms with E-state index in [1.807, 2.05) is 32.0 Å². The number of thioether (sulfide) groups is 1. The molecule has 1 N–H and O–H groups in total. The fourth-order valence-corrected chi connectivity index (χ4v) is 4.12. The number of ether oxygens (including phenoxy) is 1. The number of amides is 1. The van der Waals surface area contributed by atoms with E-state index in [-0.39, 0.29) is 11.4 Å². The highest BCUT2D eigenvalue weighted by atomic mass is 32.2. The Morgan fingerprint density at radius 2 is 1.79 bits per heavy atom. The Bertz CT molecular complexity index is 1270. The van der Waals surface area contributed by atoms with Gasteiger partial charge in [0.2, 0.25) is 0 Å². The van der Waals surface area contributed by atoms with Crippen molar-refractivity contribution in [3.05, 3.63) is 83.2 Å². The molecule has 168 valence electrons. The molecule has 2 heterocycles. The molecule has 0 saturated heterocycles. The maximum Gasteiger partial charge on any atom is 0.278 e. The maximum absolute atomic E-state index is 14.1. The molecule has 0 bridgehead atoms. The number of carbonyl (C=O) groups is 1. The van der Waals surface area contributed by atoms with Crippen LogP contribution in [0.1, 0.15) is 27.6 Å². The van der Waals surface area contributed by atoms with Gasteiger partial charge in [-0.05, 0) is 56.3 Å². The number of nitrogens with one attached hydrogen (secondary N) is 1. The molecule has 0 aliphatic rings. The topological polar surface area (TPSA) is 94.8 Å². The van der Waals surface area contributed by atoms with E-state index >= 15 is 0 Å². The maximum atomic E-state index is 14.1. The van der Waals surface area contributed by atoms with Crippen molar-refractivity contribution < 1.29 is 13.9 Å². The standard InChI is InChI=1S/C23H21FN6O2S/c1-14-12-15(2)26-23(25-14)33-13-20-21(22(31)27-19-7-5-4-6-18(19)24)28-29-30(20)16-8-10-17(32-3)11-9-16/h4-12H,13H2,1-3H3,(H,27,31). The number of carbonyl (C=O) groups excluding carboxylic acids is 1. The lowest BCUT2D eigenvalue weighted by Crippen LogP contribution is -2.16. The van der Waals surface area contributed by atoms with E-state index in [2.05, 4.69) is 25.6 Å². The summed E-state index contributed by atoms with van der Waals surface area (Å²) in [6.07, 6.45) is 0. The molecule has 0 spiro atoms. The zero-order valence-corrected chi connectivity index (χ0v) is 19.1. The van der Waals surface area contributed by atoms with Crippen LogP contribution in [0.4, 0.5) is 10.1 Å². The van der Waals surface area contributed by atoms with Gasteiger partial charge in [0.1, 0.15) is 11.6 Å². The normalized spacial score (nSPS) is 10.8. The molecular weight excluding hydrogens is 443 g/mol. The highest BCUT2D eigenvalue weighted by molar-refractivity contribution is 7.98. The van der Waals surface area contributed by atoms with Gasteiger partial charge in [-0.2, -0.15) is 0 Å². The minimum absolute atomic E-state index is 0.0674. The first kappa shape index (κ1) is 22.4. The number of para-hydroxylation sites is 1. The van der Waals surface area contributed by atoms with E-state index in [0.717, 1.165) is 11.4 Å². The van der Waals surface area contributed by atoms with Crippen molar-refractivity contribution in [1.29, 1.82) is 0 Å². The van der Waals surface area contributed by atoms with Crippen LogP contribution in [0.25, 0.3) is 5.69 Å². The molecule has 8 nitrogen and oxygen atoms in total. The van der Waals surface area contributed by atoms with Crippen LogP contribution in [0.3, 0.4) is 0 Å². The molecule has 0 aliphatic carbocycles. The van der Waals surface area contributed by atoms with Crippen molar-refractivity contribution in [3.8, 4) is 11.4 Å². The van der Waals surface area contributed by atoms with E-state index in [1.165, 1.54) is 23.9 Å². The average molecular weight is 465 g/mol. The van der Waals surface area contributed by atoms with Crippen LogP contribution < -0.4 is 10.1 Å². The third-order valence-corrected chi connectivity index (χ3v) is 5.58. The first-order valence-corrected chi connectivity index (χ1v) is 11.0. The molecule has 4 aromatic rings. The summed E-state index contributed by atoms with van der Waals surface area (Å²) in [5, 5.41) is 11.4. The van der Waals surface area contributed by atoms with Gasteiger partial charge >= 0.3 is 0 Å². The van der Waals surface area contributed by atoms with Gasteiger partial charge in [0.05, 0.1) is 24.2 Å². The van der Waals surface area contributed by atoms with Gasteiger partial charge in [-0.15, -0.1) is 5.10 Å². The lowest BCUT2D eigenvalue weighted by atomic mass is 10.2. The molecule has 0 radical (unpaired) electrons. The molecule has 0 aliphatic heterocycles.